The predicted molar refractivity (Wildman–Crippen MR) is 66.4 cm³/mol. The molecule has 0 aliphatic carbocycles. The summed E-state index contributed by atoms with van der Waals surface area (Å²) in [5, 5.41) is 0. The summed E-state index contributed by atoms with van der Waals surface area (Å²) in [6.45, 7) is 0.394. The third-order valence-corrected chi connectivity index (χ3v) is 2.50. The molecule has 94 valence electrons. The lowest BCUT2D eigenvalue weighted by atomic mass is 10.2. The quantitative estimate of drug-likeness (QED) is 0.534. The van der Waals surface area contributed by atoms with Gasteiger partial charge in [0.25, 0.3) is 5.91 Å². The molecule has 7 heteroatoms. The summed E-state index contributed by atoms with van der Waals surface area (Å²) >= 11 is 0. The number of hydrogen-bond donors (Lipinski definition) is 3. The molecular formula is C11H14N6O. The van der Waals surface area contributed by atoms with Crippen molar-refractivity contribution in [2.24, 2.45) is 5.84 Å². The fraction of sp³-hybridized carbons (Fsp3) is 0.182. The van der Waals surface area contributed by atoms with Crippen LogP contribution in [0.1, 0.15) is 16.2 Å². The Hall–Kier alpha value is -2.41. The van der Waals surface area contributed by atoms with Crippen molar-refractivity contribution in [3.05, 3.63) is 42.2 Å². The van der Waals surface area contributed by atoms with Gasteiger partial charge in [0.15, 0.2) is 0 Å². The van der Waals surface area contributed by atoms with Crippen LogP contribution in [0.15, 0.2) is 30.9 Å². The number of aromatic nitrogens is 3. The van der Waals surface area contributed by atoms with Crippen LogP contribution in [0.3, 0.4) is 0 Å². The van der Waals surface area contributed by atoms with Gasteiger partial charge in [0.2, 0.25) is 0 Å². The highest BCUT2D eigenvalue weighted by atomic mass is 16.2. The van der Waals surface area contributed by atoms with Crippen LogP contribution in [0.25, 0.3) is 0 Å². The largest absolute Gasteiger partial charge is 0.347 e. The highest BCUT2D eigenvalue weighted by molar-refractivity contribution is 5.98. The molecule has 1 amide bonds. The van der Waals surface area contributed by atoms with Crippen LogP contribution in [-0.2, 0) is 6.54 Å². The second-order valence-electron chi connectivity index (χ2n) is 3.76. The molecule has 0 atom stereocenters. The van der Waals surface area contributed by atoms with Crippen LogP contribution >= 0.6 is 0 Å². The number of pyridine rings is 1. The minimum Gasteiger partial charge on any atom is -0.347 e. The summed E-state index contributed by atoms with van der Waals surface area (Å²) in [5.74, 6) is 5.90. The number of nitrogens with two attached hydrogens (primary N) is 1. The molecular weight excluding hydrogens is 232 g/mol. The topological polar surface area (TPSA) is 99.9 Å². The summed E-state index contributed by atoms with van der Waals surface area (Å²) in [6, 6.07) is 1.65. The fourth-order valence-corrected chi connectivity index (χ4v) is 1.58. The molecule has 0 bridgehead atoms. The summed E-state index contributed by atoms with van der Waals surface area (Å²) in [4.78, 5) is 24.7. The van der Waals surface area contributed by atoms with E-state index in [1.54, 1.807) is 31.7 Å². The second kappa shape index (κ2) is 5.28. The standard InChI is InChI=1S/C11H14N6O/c1-17(7-10-14-4-5-15-10)11(18)8-6-13-3-2-9(8)16-12/h2-6H,7,12H2,1H3,(H,13,16)(H,14,15). The van der Waals surface area contributed by atoms with Crippen LogP contribution in [0, 0.1) is 0 Å². The number of nitrogens with zero attached hydrogens (tertiary/aromatic N) is 3. The van der Waals surface area contributed by atoms with E-state index in [2.05, 4.69) is 20.4 Å². The summed E-state index contributed by atoms with van der Waals surface area (Å²) in [5.41, 5.74) is 3.45. The van der Waals surface area contributed by atoms with Gasteiger partial charge in [0, 0.05) is 31.8 Å². The van der Waals surface area contributed by atoms with E-state index in [1.807, 2.05) is 0 Å². The molecule has 0 aromatic carbocycles. The number of aromatic amines is 1. The summed E-state index contributed by atoms with van der Waals surface area (Å²) in [7, 11) is 1.69. The van der Waals surface area contributed by atoms with Crippen molar-refractivity contribution in [3.8, 4) is 0 Å². The Morgan fingerprint density at radius 3 is 3.06 bits per heavy atom. The van der Waals surface area contributed by atoms with Crippen molar-refractivity contribution in [3.63, 3.8) is 0 Å². The lowest BCUT2D eigenvalue weighted by Gasteiger charge is -2.17. The SMILES string of the molecule is CN(Cc1ncc[nH]1)C(=O)c1cnccc1NN. The first-order valence-electron chi connectivity index (χ1n) is 5.36. The van der Waals surface area contributed by atoms with Gasteiger partial charge in [-0.05, 0) is 6.07 Å². The van der Waals surface area contributed by atoms with Crippen molar-refractivity contribution < 1.29 is 4.79 Å². The third kappa shape index (κ3) is 2.46. The number of imidazole rings is 1. The first kappa shape index (κ1) is 12.1. The monoisotopic (exact) mass is 246 g/mol. The third-order valence-electron chi connectivity index (χ3n) is 2.50. The van der Waals surface area contributed by atoms with Gasteiger partial charge in [-0.15, -0.1) is 0 Å². The van der Waals surface area contributed by atoms with Gasteiger partial charge < -0.3 is 15.3 Å². The van der Waals surface area contributed by atoms with Crippen molar-refractivity contribution in [1.29, 1.82) is 0 Å². The normalized spacial score (nSPS) is 10.1. The number of rotatable bonds is 4. The molecule has 0 saturated carbocycles. The highest BCUT2D eigenvalue weighted by Crippen LogP contribution is 2.14. The molecule has 0 fully saturated rings. The van der Waals surface area contributed by atoms with Gasteiger partial charge in [-0.3, -0.25) is 15.6 Å². The zero-order chi connectivity index (χ0) is 13.0. The predicted octanol–water partition coefficient (Wildman–Crippen LogP) is 0.362. The van der Waals surface area contributed by atoms with Crippen molar-refractivity contribution >= 4 is 11.6 Å². The Morgan fingerprint density at radius 1 is 1.56 bits per heavy atom. The molecule has 0 spiro atoms. The van der Waals surface area contributed by atoms with E-state index < -0.39 is 0 Å². The zero-order valence-electron chi connectivity index (χ0n) is 9.92. The Balaban J connectivity index is 2.15. The minimum absolute atomic E-state index is 0.174. The average molecular weight is 246 g/mol. The van der Waals surface area contributed by atoms with Crippen LogP contribution in [0.5, 0.6) is 0 Å². The van der Waals surface area contributed by atoms with E-state index in [4.69, 9.17) is 5.84 Å². The maximum absolute atomic E-state index is 12.2. The maximum Gasteiger partial charge on any atom is 0.257 e. The number of nitrogens with one attached hydrogen (secondary N) is 2. The van der Waals surface area contributed by atoms with Gasteiger partial charge >= 0.3 is 0 Å². The number of amides is 1. The molecule has 18 heavy (non-hydrogen) atoms. The van der Waals surface area contributed by atoms with E-state index in [0.29, 0.717) is 17.8 Å². The van der Waals surface area contributed by atoms with E-state index in [9.17, 15) is 4.79 Å². The number of nitrogen functional groups attached to an aromatic ring is 1. The number of anilines is 1. The molecule has 0 saturated heterocycles. The molecule has 0 aliphatic heterocycles. The molecule has 4 N–H and O–H groups in total. The number of hydrogen-bond acceptors (Lipinski definition) is 5. The number of H-pyrrole nitrogens is 1. The summed E-state index contributed by atoms with van der Waals surface area (Å²) < 4.78 is 0. The van der Waals surface area contributed by atoms with Crippen LogP contribution in [0.4, 0.5) is 5.69 Å². The molecule has 0 radical (unpaired) electrons. The molecule has 2 aromatic heterocycles. The maximum atomic E-state index is 12.2. The number of carbonyl (C=O) groups is 1. The van der Waals surface area contributed by atoms with Gasteiger partial charge in [0.1, 0.15) is 5.82 Å². The average Bonchev–Trinajstić information content (AvgIpc) is 2.90. The van der Waals surface area contributed by atoms with Gasteiger partial charge in [-0.25, -0.2) is 4.98 Å². The first-order valence-corrected chi connectivity index (χ1v) is 5.36. The van der Waals surface area contributed by atoms with Crippen LogP contribution in [-0.4, -0.2) is 32.8 Å². The molecule has 0 aliphatic rings. The van der Waals surface area contributed by atoms with Gasteiger partial charge in [0.05, 0.1) is 17.8 Å². The van der Waals surface area contributed by atoms with Crippen molar-refractivity contribution in [2.45, 2.75) is 6.54 Å². The van der Waals surface area contributed by atoms with E-state index in [0.717, 1.165) is 5.82 Å². The Morgan fingerprint density at radius 2 is 2.39 bits per heavy atom. The Labute approximate surface area is 104 Å². The fourth-order valence-electron chi connectivity index (χ4n) is 1.58. The molecule has 2 heterocycles. The minimum atomic E-state index is -0.174. The van der Waals surface area contributed by atoms with E-state index in [-0.39, 0.29) is 5.91 Å². The van der Waals surface area contributed by atoms with Gasteiger partial charge in [-0.2, -0.15) is 0 Å². The zero-order valence-corrected chi connectivity index (χ0v) is 9.92. The highest BCUT2D eigenvalue weighted by Gasteiger charge is 2.16. The smallest absolute Gasteiger partial charge is 0.257 e. The van der Waals surface area contributed by atoms with Crippen molar-refractivity contribution in [2.75, 3.05) is 12.5 Å². The van der Waals surface area contributed by atoms with Gasteiger partial charge in [-0.1, -0.05) is 0 Å². The number of hydrazine groups is 1. The molecule has 2 aromatic rings. The molecule has 0 unspecified atom stereocenters. The summed E-state index contributed by atoms with van der Waals surface area (Å²) in [6.07, 6.45) is 6.41. The van der Waals surface area contributed by atoms with Crippen LogP contribution < -0.4 is 11.3 Å². The molecule has 2 rings (SSSR count). The van der Waals surface area contributed by atoms with Crippen molar-refractivity contribution in [1.82, 2.24) is 19.9 Å². The Kier molecular flexibility index (Phi) is 3.54. The van der Waals surface area contributed by atoms with E-state index >= 15 is 0 Å². The first-order chi connectivity index (χ1) is 8.72. The molecule has 7 nitrogen and oxygen atoms in total. The Bertz CT molecular complexity index is 524. The van der Waals surface area contributed by atoms with E-state index in [1.165, 1.54) is 11.1 Å². The lowest BCUT2D eigenvalue weighted by Crippen LogP contribution is -2.28. The number of carbonyl (C=O) groups excluding carboxylic acids is 1. The van der Waals surface area contributed by atoms with Crippen LogP contribution in [0.2, 0.25) is 0 Å². The lowest BCUT2D eigenvalue weighted by molar-refractivity contribution is 0.0782. The second-order valence-corrected chi connectivity index (χ2v) is 3.76.